The summed E-state index contributed by atoms with van der Waals surface area (Å²) >= 11 is 0. The highest BCUT2D eigenvalue weighted by Gasteiger charge is 2.62. The Kier molecular flexibility index (Phi) is 13.2. The van der Waals surface area contributed by atoms with Gasteiger partial charge in [-0.05, 0) is 53.5 Å². The van der Waals surface area contributed by atoms with Crippen molar-refractivity contribution >= 4 is 33.2 Å². The van der Waals surface area contributed by atoms with Gasteiger partial charge in [-0.2, -0.15) is 0 Å². The Morgan fingerprint density at radius 1 is 0.829 bits per heavy atom. The van der Waals surface area contributed by atoms with E-state index in [1.807, 2.05) is 0 Å². The van der Waals surface area contributed by atoms with Crippen LogP contribution in [0.2, 0.25) is 0 Å². The highest BCUT2D eigenvalue weighted by molar-refractivity contribution is 7.73. The Morgan fingerprint density at radius 3 is 1.71 bits per heavy atom. The molecule has 0 saturated carbocycles. The maximum absolute atomic E-state index is 13.7. The maximum atomic E-state index is 13.7. The van der Waals surface area contributed by atoms with Gasteiger partial charge in [0.25, 0.3) is 5.08 Å². The third-order valence-corrected chi connectivity index (χ3v) is 10.1. The molecule has 0 spiro atoms. The van der Waals surface area contributed by atoms with Crippen molar-refractivity contribution < 1.29 is 61.7 Å². The van der Waals surface area contributed by atoms with E-state index in [1.165, 1.54) is 48.6 Å². The highest BCUT2D eigenvalue weighted by Crippen LogP contribution is 2.74. The molecule has 0 aromatic heterocycles. The number of esters is 2. The van der Waals surface area contributed by atoms with Gasteiger partial charge in [-0.1, -0.05) is 30.3 Å². The average molecular weight is 626 g/mol. The third-order valence-electron chi connectivity index (χ3n) is 5.48. The van der Waals surface area contributed by atoms with E-state index < -0.39 is 69.1 Å². The molecule has 0 aliphatic rings. The molecule has 41 heavy (non-hydrogen) atoms. The third kappa shape index (κ3) is 11.1. The monoisotopic (exact) mass is 625 g/mol. The molecule has 0 fully saturated rings. The Bertz CT molecular complexity index is 1090. The van der Waals surface area contributed by atoms with E-state index in [-0.39, 0.29) is 19.6 Å². The van der Waals surface area contributed by atoms with E-state index in [0.29, 0.717) is 0 Å². The van der Waals surface area contributed by atoms with Crippen LogP contribution in [0.4, 0.5) is 4.79 Å². The first kappa shape index (κ1) is 36.7. The van der Waals surface area contributed by atoms with Gasteiger partial charge in [0.1, 0.15) is 6.61 Å². The Hall–Kier alpha value is -2.31. The first-order chi connectivity index (χ1) is 18.6. The summed E-state index contributed by atoms with van der Waals surface area (Å²) in [5.74, 6) is -1.61. The normalized spacial score (nSPS) is 14.1. The number of carbonyl (C=O) groups is 3. The second-order valence-corrected chi connectivity index (χ2v) is 15.7. The molecule has 14 nitrogen and oxygen atoms in total. The van der Waals surface area contributed by atoms with Gasteiger partial charge in [0, 0.05) is 20.0 Å². The van der Waals surface area contributed by atoms with Gasteiger partial charge in [-0.15, -0.1) is 0 Å². The molecule has 0 aliphatic carbocycles. The zero-order chi connectivity index (χ0) is 31.7. The van der Waals surface area contributed by atoms with Gasteiger partial charge in [-0.25, -0.2) is 4.79 Å². The largest absolute Gasteiger partial charge is 0.445 e. The molecule has 0 aliphatic heterocycles. The van der Waals surface area contributed by atoms with Gasteiger partial charge < -0.3 is 34.0 Å². The first-order valence-electron chi connectivity index (χ1n) is 12.6. The Labute approximate surface area is 239 Å². The summed E-state index contributed by atoms with van der Waals surface area (Å²) in [6.45, 7) is 6.70. The van der Waals surface area contributed by atoms with Crippen molar-refractivity contribution in [3.05, 3.63) is 35.9 Å². The molecule has 1 atom stereocenters. The summed E-state index contributed by atoms with van der Waals surface area (Å²) in [7, 11) is -9.67. The number of benzene rings is 1. The minimum absolute atomic E-state index is 0.0200. The van der Waals surface area contributed by atoms with E-state index in [9.17, 15) is 38.4 Å². The summed E-state index contributed by atoms with van der Waals surface area (Å²) in [5.41, 5.74) is -1.27. The van der Waals surface area contributed by atoms with E-state index in [0.717, 1.165) is 10.5 Å². The van der Waals surface area contributed by atoms with Gasteiger partial charge >= 0.3 is 33.2 Å². The van der Waals surface area contributed by atoms with Crippen LogP contribution in [0.1, 0.15) is 59.9 Å². The van der Waals surface area contributed by atoms with Crippen LogP contribution in [-0.4, -0.2) is 70.1 Å². The molecule has 234 valence electrons. The molecule has 1 rings (SSSR count). The minimum Gasteiger partial charge on any atom is -0.445 e. The second kappa shape index (κ2) is 14.7. The van der Waals surface area contributed by atoms with Crippen LogP contribution in [0.25, 0.3) is 0 Å². The number of amides is 1. The molecule has 16 heteroatoms. The van der Waals surface area contributed by atoms with Crippen LogP contribution in [0.5, 0.6) is 0 Å². The summed E-state index contributed by atoms with van der Waals surface area (Å²) in [6, 6.07) is 8.85. The zero-order valence-corrected chi connectivity index (χ0v) is 26.2. The first-order valence-corrected chi connectivity index (χ1v) is 15.7. The second-order valence-electron chi connectivity index (χ2n) is 11.2. The summed E-state index contributed by atoms with van der Waals surface area (Å²) < 4.78 is 51.1. The molecular weight excluding hydrogens is 584 g/mol. The van der Waals surface area contributed by atoms with Gasteiger partial charge in [0.05, 0.1) is 10.8 Å². The molecule has 3 N–H and O–H groups in total. The number of rotatable bonds is 14. The van der Waals surface area contributed by atoms with Crippen molar-refractivity contribution in [2.24, 2.45) is 10.8 Å². The maximum Gasteiger partial charge on any atom is 0.409 e. The van der Waals surface area contributed by atoms with Crippen molar-refractivity contribution in [1.29, 1.82) is 0 Å². The minimum atomic E-state index is -5.71. The van der Waals surface area contributed by atoms with Crippen molar-refractivity contribution in [2.45, 2.75) is 66.1 Å². The molecule has 1 unspecified atom stereocenters. The number of nitrogens with zero attached hydrogens (tertiary/aromatic N) is 1. The van der Waals surface area contributed by atoms with Crippen LogP contribution in [0.15, 0.2) is 30.3 Å². The van der Waals surface area contributed by atoms with Crippen LogP contribution >= 0.6 is 15.2 Å². The average Bonchev–Trinajstić information content (AvgIpc) is 2.85. The van der Waals surface area contributed by atoms with Crippen molar-refractivity contribution in [3.8, 4) is 0 Å². The number of hydrogen-bond donors (Lipinski definition) is 3. The van der Waals surface area contributed by atoms with Gasteiger partial charge in [-0.3, -0.25) is 27.8 Å². The summed E-state index contributed by atoms with van der Waals surface area (Å²) in [6.07, 6.45) is -1.96. The van der Waals surface area contributed by atoms with E-state index in [4.69, 9.17) is 23.3 Å². The van der Waals surface area contributed by atoms with Gasteiger partial charge in [0.2, 0.25) is 13.6 Å². The Morgan fingerprint density at radius 2 is 1.29 bits per heavy atom. The molecular formula is C25H41NO13P2. The smallest absolute Gasteiger partial charge is 0.409 e. The molecule has 0 heterocycles. The van der Waals surface area contributed by atoms with Crippen molar-refractivity contribution in [1.82, 2.24) is 4.90 Å². The fourth-order valence-electron chi connectivity index (χ4n) is 2.89. The molecule has 0 radical (unpaired) electrons. The molecule has 0 saturated heterocycles. The topological polar surface area (TPSA) is 195 Å². The lowest BCUT2D eigenvalue weighted by Gasteiger charge is -2.35. The van der Waals surface area contributed by atoms with E-state index in [1.54, 1.807) is 30.3 Å². The van der Waals surface area contributed by atoms with Crippen LogP contribution in [-0.2, 0) is 48.6 Å². The molecule has 0 bridgehead atoms. The number of carbonyl (C=O) groups excluding carboxylic acids is 3. The lowest BCUT2D eigenvalue weighted by molar-refractivity contribution is -0.162. The summed E-state index contributed by atoms with van der Waals surface area (Å²) in [5, 5.41) is 7.67. The number of aliphatic hydroxyl groups is 1. The fraction of sp³-hybridized carbons (Fsp3) is 0.640. The van der Waals surface area contributed by atoms with Crippen LogP contribution in [0, 0.1) is 10.8 Å². The SMILES string of the molecule is CN(CCCC(O)(P(=O)(O)O)P(=O)(OCOC(=O)C(C)(C)C)OCOC(=O)C(C)(C)C)C(=O)OCc1ccccc1. The fourth-order valence-corrected chi connectivity index (χ4v) is 6.27. The number of hydrogen-bond acceptors (Lipinski definition) is 11. The molecule has 1 aromatic rings. The standard InChI is InChI=1S/C25H41NO13P2/c1-23(2,3)20(27)36-17-38-41(34,39-18-37-21(28)24(4,5)6)25(30,40(31,32)33)14-11-15-26(7)22(29)35-16-19-12-9-8-10-13-19/h8-10,12-13,30H,11,14-18H2,1-7H3,(H2,31,32,33). The predicted molar refractivity (Wildman–Crippen MR) is 146 cm³/mol. The highest BCUT2D eigenvalue weighted by atomic mass is 31.2. The van der Waals surface area contributed by atoms with Crippen LogP contribution < -0.4 is 0 Å². The lowest BCUT2D eigenvalue weighted by Crippen LogP contribution is -2.35. The van der Waals surface area contributed by atoms with Crippen LogP contribution in [0.3, 0.4) is 0 Å². The predicted octanol–water partition coefficient (Wildman–Crippen LogP) is 4.18. The van der Waals surface area contributed by atoms with Crippen molar-refractivity contribution in [2.75, 3.05) is 27.2 Å². The number of ether oxygens (including phenoxy) is 3. The van der Waals surface area contributed by atoms with E-state index in [2.05, 4.69) is 0 Å². The quantitative estimate of drug-likeness (QED) is 0.115. The van der Waals surface area contributed by atoms with Crippen molar-refractivity contribution in [3.63, 3.8) is 0 Å². The summed E-state index contributed by atoms with van der Waals surface area (Å²) in [4.78, 5) is 57.7. The molecule has 1 aromatic carbocycles. The Balaban J connectivity index is 3.05. The van der Waals surface area contributed by atoms with Gasteiger partial charge in [0.15, 0.2) is 0 Å². The van der Waals surface area contributed by atoms with E-state index >= 15 is 0 Å². The molecule has 1 amide bonds. The zero-order valence-electron chi connectivity index (χ0n) is 24.4. The lowest BCUT2D eigenvalue weighted by atomic mass is 9.98.